The van der Waals surface area contributed by atoms with Gasteiger partial charge in [0, 0.05) is 10.2 Å². The number of hydrogen-bond acceptors (Lipinski definition) is 6. The van der Waals surface area contributed by atoms with Gasteiger partial charge >= 0.3 is 0 Å². The van der Waals surface area contributed by atoms with Crippen molar-refractivity contribution in [2.75, 3.05) is 19.0 Å². The van der Waals surface area contributed by atoms with Crippen LogP contribution in [0.15, 0.2) is 68.4 Å². The summed E-state index contributed by atoms with van der Waals surface area (Å²) in [6.45, 7) is -0.263. The number of nitrogens with zero attached hydrogens (tertiary/aromatic N) is 1. The molecule has 4 rings (SSSR count). The minimum atomic E-state index is -0.587. The second-order valence-corrected chi connectivity index (χ2v) is 11.0. The number of carbonyl (C=O) groups excluding carboxylic acids is 3. The van der Waals surface area contributed by atoms with Crippen molar-refractivity contribution < 1.29 is 28.2 Å². The maximum absolute atomic E-state index is 13.1. The van der Waals surface area contributed by atoms with E-state index in [1.165, 1.54) is 25.3 Å². The summed E-state index contributed by atoms with van der Waals surface area (Å²) < 4.78 is 25.7. The molecule has 0 radical (unpaired) electrons. The quantitative estimate of drug-likeness (QED) is 0.252. The van der Waals surface area contributed by atoms with E-state index in [0.29, 0.717) is 36.7 Å². The van der Waals surface area contributed by atoms with E-state index in [4.69, 9.17) is 21.1 Å². The summed E-state index contributed by atoms with van der Waals surface area (Å²) in [5.74, 6) is -0.655. The van der Waals surface area contributed by atoms with Crippen LogP contribution in [-0.2, 0) is 16.2 Å². The summed E-state index contributed by atoms with van der Waals surface area (Å²) in [6.07, 6.45) is 1.54. The van der Waals surface area contributed by atoms with Gasteiger partial charge in [-0.25, -0.2) is 4.39 Å². The molecule has 1 heterocycles. The first-order valence-corrected chi connectivity index (χ1v) is 13.7. The van der Waals surface area contributed by atoms with Crippen molar-refractivity contribution in [3.63, 3.8) is 0 Å². The van der Waals surface area contributed by atoms with Crippen LogP contribution in [0.2, 0.25) is 5.02 Å². The number of anilines is 1. The summed E-state index contributed by atoms with van der Waals surface area (Å²) in [5.41, 5.74) is 1.78. The van der Waals surface area contributed by atoms with Crippen molar-refractivity contribution in [2.45, 2.75) is 6.61 Å². The number of carbonyl (C=O) groups is 3. The molecule has 38 heavy (non-hydrogen) atoms. The standard InChI is InChI=1S/C26H18Br2ClFN2O5S/c1-36-21-9-15(8-19(28)24(21)37-13-14-2-4-16(30)5-3-14)10-22-25(34)32(26(35)38-22)12-23(33)31-17-6-7-18(27)20(29)11-17/h2-11H,12-13H2,1H3,(H,31,33)/b22-10+. The predicted molar refractivity (Wildman–Crippen MR) is 152 cm³/mol. The number of thioether (sulfide) groups is 1. The fraction of sp³-hybridized carbons (Fsp3) is 0.115. The molecule has 0 bridgehead atoms. The maximum Gasteiger partial charge on any atom is 0.294 e. The van der Waals surface area contributed by atoms with Gasteiger partial charge in [-0.3, -0.25) is 19.3 Å². The number of ether oxygens (including phenoxy) is 2. The Morgan fingerprint density at radius 3 is 2.53 bits per heavy atom. The van der Waals surface area contributed by atoms with Crippen LogP contribution in [0, 0.1) is 5.82 Å². The van der Waals surface area contributed by atoms with Crippen molar-refractivity contribution in [2.24, 2.45) is 0 Å². The fourth-order valence-electron chi connectivity index (χ4n) is 3.40. The van der Waals surface area contributed by atoms with Gasteiger partial charge in [-0.15, -0.1) is 0 Å². The number of nitrogens with one attached hydrogen (secondary N) is 1. The minimum absolute atomic E-state index is 0.156. The smallest absolute Gasteiger partial charge is 0.294 e. The van der Waals surface area contributed by atoms with E-state index in [2.05, 4.69) is 37.2 Å². The molecule has 3 amide bonds. The van der Waals surface area contributed by atoms with E-state index in [-0.39, 0.29) is 17.3 Å². The predicted octanol–water partition coefficient (Wildman–Crippen LogP) is 7.27. The lowest BCUT2D eigenvalue weighted by Crippen LogP contribution is -2.36. The van der Waals surface area contributed by atoms with E-state index >= 15 is 0 Å². The molecule has 0 aromatic heterocycles. The van der Waals surface area contributed by atoms with Crippen LogP contribution < -0.4 is 14.8 Å². The molecular weight excluding hydrogens is 667 g/mol. The van der Waals surface area contributed by atoms with Gasteiger partial charge in [0.1, 0.15) is 19.0 Å². The summed E-state index contributed by atoms with van der Waals surface area (Å²) >= 11 is 13.5. The van der Waals surface area contributed by atoms with Gasteiger partial charge in [0.2, 0.25) is 5.91 Å². The summed E-state index contributed by atoms with van der Waals surface area (Å²) in [5, 5.41) is 2.47. The summed E-state index contributed by atoms with van der Waals surface area (Å²) in [4.78, 5) is 38.9. The SMILES string of the molecule is COc1cc(/C=C2/SC(=O)N(CC(=O)Nc3ccc(Br)c(Cl)c3)C2=O)cc(Br)c1OCc1ccc(F)cc1. The Morgan fingerprint density at radius 2 is 1.84 bits per heavy atom. The van der Waals surface area contributed by atoms with E-state index in [1.54, 1.807) is 42.5 Å². The van der Waals surface area contributed by atoms with Crippen LogP contribution >= 0.6 is 55.2 Å². The van der Waals surface area contributed by atoms with E-state index in [1.807, 2.05) is 0 Å². The molecule has 1 fully saturated rings. The lowest BCUT2D eigenvalue weighted by Gasteiger charge is -2.14. The molecule has 3 aromatic carbocycles. The van der Waals surface area contributed by atoms with Crippen molar-refractivity contribution in [1.82, 2.24) is 4.90 Å². The molecule has 0 unspecified atom stereocenters. The Balaban J connectivity index is 1.46. The number of benzene rings is 3. The highest BCUT2D eigenvalue weighted by atomic mass is 79.9. The Labute approximate surface area is 243 Å². The van der Waals surface area contributed by atoms with Gasteiger partial charge in [0.15, 0.2) is 11.5 Å². The number of imide groups is 1. The van der Waals surface area contributed by atoms with Gasteiger partial charge < -0.3 is 14.8 Å². The first-order valence-electron chi connectivity index (χ1n) is 10.9. The van der Waals surface area contributed by atoms with Crippen molar-refractivity contribution in [3.05, 3.63) is 90.4 Å². The third-order valence-electron chi connectivity index (χ3n) is 5.22. The number of methoxy groups -OCH3 is 1. The number of hydrogen-bond donors (Lipinski definition) is 1. The molecule has 7 nitrogen and oxygen atoms in total. The lowest BCUT2D eigenvalue weighted by molar-refractivity contribution is -0.127. The maximum atomic E-state index is 13.1. The molecule has 0 spiro atoms. The Kier molecular flexibility index (Phi) is 9.14. The second kappa shape index (κ2) is 12.3. The lowest BCUT2D eigenvalue weighted by atomic mass is 10.1. The van der Waals surface area contributed by atoms with Gasteiger partial charge in [-0.1, -0.05) is 23.7 Å². The minimum Gasteiger partial charge on any atom is -0.493 e. The molecular formula is C26H18Br2ClFN2O5S. The third kappa shape index (κ3) is 6.76. The Hall–Kier alpha value is -2.86. The van der Waals surface area contributed by atoms with Crippen LogP contribution in [0.3, 0.4) is 0 Å². The largest absolute Gasteiger partial charge is 0.493 e. The van der Waals surface area contributed by atoms with Gasteiger partial charge in [0.05, 0.1) is 21.5 Å². The zero-order chi connectivity index (χ0) is 27.4. The highest BCUT2D eigenvalue weighted by molar-refractivity contribution is 9.10. The monoisotopic (exact) mass is 682 g/mol. The molecule has 12 heteroatoms. The number of rotatable bonds is 8. The summed E-state index contributed by atoms with van der Waals surface area (Å²) in [7, 11) is 1.47. The number of amides is 3. The molecule has 1 N–H and O–H groups in total. The van der Waals surface area contributed by atoms with E-state index in [9.17, 15) is 18.8 Å². The van der Waals surface area contributed by atoms with E-state index < -0.39 is 23.6 Å². The highest BCUT2D eigenvalue weighted by Crippen LogP contribution is 2.39. The first kappa shape index (κ1) is 28.2. The molecule has 196 valence electrons. The average molecular weight is 685 g/mol. The average Bonchev–Trinajstić information content (AvgIpc) is 3.13. The van der Waals surface area contributed by atoms with Crippen LogP contribution in [-0.4, -0.2) is 35.6 Å². The molecule has 3 aromatic rings. The molecule has 0 aliphatic carbocycles. The zero-order valence-corrected chi connectivity index (χ0v) is 24.3. The topological polar surface area (TPSA) is 84.9 Å². The van der Waals surface area contributed by atoms with Gasteiger partial charge in [-0.05, 0) is 103 Å². The van der Waals surface area contributed by atoms with Crippen LogP contribution in [0.1, 0.15) is 11.1 Å². The number of halogens is 4. The Morgan fingerprint density at radius 1 is 1.11 bits per heavy atom. The highest BCUT2D eigenvalue weighted by Gasteiger charge is 2.36. The van der Waals surface area contributed by atoms with Crippen LogP contribution in [0.4, 0.5) is 14.9 Å². The van der Waals surface area contributed by atoms with Crippen molar-refractivity contribution in [3.8, 4) is 11.5 Å². The van der Waals surface area contributed by atoms with Crippen LogP contribution in [0.25, 0.3) is 6.08 Å². The normalized spacial score (nSPS) is 14.2. The van der Waals surface area contributed by atoms with E-state index in [0.717, 1.165) is 22.2 Å². The van der Waals surface area contributed by atoms with Crippen molar-refractivity contribution >= 4 is 84.0 Å². The second-order valence-electron chi connectivity index (χ2n) is 7.89. The molecule has 1 saturated heterocycles. The molecule has 1 aliphatic rings. The van der Waals surface area contributed by atoms with Gasteiger partial charge in [-0.2, -0.15) is 0 Å². The molecule has 1 aliphatic heterocycles. The summed E-state index contributed by atoms with van der Waals surface area (Å²) in [6, 6.07) is 14.2. The zero-order valence-electron chi connectivity index (χ0n) is 19.6. The third-order valence-corrected chi connectivity index (χ3v) is 7.95. The molecule has 0 atom stereocenters. The Bertz CT molecular complexity index is 1450. The first-order chi connectivity index (χ1) is 18.1. The van der Waals surface area contributed by atoms with Crippen molar-refractivity contribution in [1.29, 1.82) is 0 Å². The fourth-order valence-corrected chi connectivity index (χ4v) is 5.24. The van der Waals surface area contributed by atoms with Crippen LogP contribution in [0.5, 0.6) is 11.5 Å². The van der Waals surface area contributed by atoms with Gasteiger partial charge in [0.25, 0.3) is 11.1 Å². The molecule has 0 saturated carbocycles.